The highest BCUT2D eigenvalue weighted by Gasteiger charge is 2.22. The average Bonchev–Trinajstić information content (AvgIpc) is 2.42. The van der Waals surface area contributed by atoms with Gasteiger partial charge in [0.05, 0.1) is 11.6 Å². The fourth-order valence-corrected chi connectivity index (χ4v) is 2.58. The number of benzene rings is 1. The van der Waals surface area contributed by atoms with Crippen LogP contribution in [0.1, 0.15) is 56.2 Å². The van der Waals surface area contributed by atoms with Gasteiger partial charge in [-0.2, -0.15) is 10.3 Å². The summed E-state index contributed by atoms with van der Waals surface area (Å²) in [4.78, 5) is 15.6. The van der Waals surface area contributed by atoms with Gasteiger partial charge in [0, 0.05) is 12.1 Å². The lowest BCUT2D eigenvalue weighted by Crippen LogP contribution is -2.22. The lowest BCUT2D eigenvalue weighted by Gasteiger charge is -2.23. The highest BCUT2D eigenvalue weighted by Crippen LogP contribution is 2.32. The SMILES string of the molecule is CC(C)(C)OC(=O)N=CC1CCCc2c(C#N)cccc21. The van der Waals surface area contributed by atoms with E-state index in [9.17, 15) is 4.79 Å². The predicted octanol–water partition coefficient (Wildman–Crippen LogP) is 3.98. The Bertz CT molecular complexity index is 606. The lowest BCUT2D eigenvalue weighted by atomic mass is 9.81. The average molecular weight is 284 g/mol. The van der Waals surface area contributed by atoms with Crippen molar-refractivity contribution < 1.29 is 9.53 Å². The van der Waals surface area contributed by atoms with Gasteiger partial charge < -0.3 is 4.74 Å². The molecule has 1 aromatic rings. The third-order valence-corrected chi connectivity index (χ3v) is 3.43. The number of fused-ring (bicyclic) bond motifs is 1. The molecule has 2 rings (SSSR count). The quantitative estimate of drug-likeness (QED) is 0.733. The third-order valence-electron chi connectivity index (χ3n) is 3.43. The van der Waals surface area contributed by atoms with Crippen molar-refractivity contribution in [1.82, 2.24) is 0 Å². The summed E-state index contributed by atoms with van der Waals surface area (Å²) in [6.07, 6.45) is 3.94. The number of hydrogen-bond acceptors (Lipinski definition) is 3. The van der Waals surface area contributed by atoms with Crippen molar-refractivity contribution >= 4 is 12.3 Å². The van der Waals surface area contributed by atoms with E-state index in [4.69, 9.17) is 10.00 Å². The van der Waals surface area contributed by atoms with E-state index >= 15 is 0 Å². The molecule has 1 aromatic carbocycles. The van der Waals surface area contributed by atoms with Crippen LogP contribution in [0.4, 0.5) is 4.79 Å². The van der Waals surface area contributed by atoms with Crippen LogP contribution in [0.5, 0.6) is 0 Å². The van der Waals surface area contributed by atoms with Crippen molar-refractivity contribution in [3.63, 3.8) is 0 Å². The van der Waals surface area contributed by atoms with Crippen molar-refractivity contribution in [1.29, 1.82) is 5.26 Å². The first-order valence-corrected chi connectivity index (χ1v) is 7.20. The van der Waals surface area contributed by atoms with E-state index in [0.29, 0.717) is 0 Å². The molecule has 4 nitrogen and oxygen atoms in total. The summed E-state index contributed by atoms with van der Waals surface area (Å²) in [6, 6.07) is 7.98. The first-order chi connectivity index (χ1) is 9.90. The molecule has 0 aliphatic heterocycles. The third kappa shape index (κ3) is 3.91. The molecule has 1 atom stereocenters. The van der Waals surface area contributed by atoms with E-state index in [1.807, 2.05) is 39.0 Å². The fourth-order valence-electron chi connectivity index (χ4n) is 2.58. The van der Waals surface area contributed by atoms with Crippen molar-refractivity contribution in [2.24, 2.45) is 4.99 Å². The van der Waals surface area contributed by atoms with Crippen LogP contribution in [0.2, 0.25) is 0 Å². The number of carbonyl (C=O) groups is 1. The molecular weight excluding hydrogens is 264 g/mol. The van der Waals surface area contributed by atoms with Crippen LogP contribution >= 0.6 is 0 Å². The van der Waals surface area contributed by atoms with E-state index in [1.165, 1.54) is 0 Å². The van der Waals surface area contributed by atoms with Gasteiger partial charge in [-0.25, -0.2) is 4.79 Å². The molecule has 0 saturated heterocycles. The molecule has 0 N–H and O–H groups in total. The number of rotatable bonds is 1. The minimum absolute atomic E-state index is 0.0783. The molecule has 1 aliphatic rings. The molecule has 1 aliphatic carbocycles. The number of hydrogen-bond donors (Lipinski definition) is 0. The first kappa shape index (κ1) is 15.2. The van der Waals surface area contributed by atoms with Gasteiger partial charge in [0.25, 0.3) is 0 Å². The maximum Gasteiger partial charge on any atom is 0.433 e. The highest BCUT2D eigenvalue weighted by molar-refractivity contribution is 5.83. The summed E-state index contributed by atoms with van der Waals surface area (Å²) in [6.45, 7) is 5.45. The molecule has 0 heterocycles. The number of aliphatic imine (C=N–C) groups is 1. The summed E-state index contributed by atoms with van der Waals surface area (Å²) in [5.74, 6) is 0.0783. The van der Waals surface area contributed by atoms with Crippen LogP contribution in [0, 0.1) is 11.3 Å². The Morgan fingerprint density at radius 3 is 2.90 bits per heavy atom. The lowest BCUT2D eigenvalue weighted by molar-refractivity contribution is 0.0604. The number of nitrogens with zero attached hydrogens (tertiary/aromatic N) is 2. The van der Waals surface area contributed by atoms with Crippen molar-refractivity contribution in [2.75, 3.05) is 0 Å². The molecule has 4 heteroatoms. The van der Waals surface area contributed by atoms with E-state index in [2.05, 4.69) is 11.1 Å². The van der Waals surface area contributed by atoms with E-state index in [0.717, 1.165) is 36.0 Å². The van der Waals surface area contributed by atoms with Crippen LogP contribution in [0.3, 0.4) is 0 Å². The maximum atomic E-state index is 11.7. The van der Waals surface area contributed by atoms with Gasteiger partial charge >= 0.3 is 6.09 Å². The van der Waals surface area contributed by atoms with Crippen molar-refractivity contribution in [3.05, 3.63) is 34.9 Å². The molecule has 1 amide bonds. The summed E-state index contributed by atoms with van der Waals surface area (Å²) in [5, 5.41) is 9.17. The molecule has 0 aromatic heterocycles. The van der Waals surface area contributed by atoms with Crippen LogP contribution in [-0.2, 0) is 11.2 Å². The Morgan fingerprint density at radius 2 is 2.24 bits per heavy atom. The standard InChI is InChI=1S/C17H20N2O2/c1-17(2,3)21-16(20)19-11-13-7-5-8-14-12(10-18)6-4-9-15(13)14/h4,6,9,11,13H,5,7-8H2,1-3H3. The minimum Gasteiger partial charge on any atom is -0.442 e. The zero-order chi connectivity index (χ0) is 15.5. The summed E-state index contributed by atoms with van der Waals surface area (Å²) in [5.41, 5.74) is 2.38. The molecule has 0 saturated carbocycles. The highest BCUT2D eigenvalue weighted by atomic mass is 16.6. The molecule has 110 valence electrons. The number of nitriles is 1. The molecule has 1 unspecified atom stereocenters. The van der Waals surface area contributed by atoms with Crippen LogP contribution < -0.4 is 0 Å². The zero-order valence-electron chi connectivity index (χ0n) is 12.7. The van der Waals surface area contributed by atoms with E-state index in [1.54, 1.807) is 6.21 Å². The molecular formula is C17H20N2O2. The Hall–Kier alpha value is -2.15. The molecule has 0 spiro atoms. The van der Waals surface area contributed by atoms with Crippen molar-refractivity contribution in [2.45, 2.75) is 51.6 Å². The van der Waals surface area contributed by atoms with Crippen molar-refractivity contribution in [3.8, 4) is 6.07 Å². The number of carbonyl (C=O) groups excluding carboxylic acids is 1. The number of amides is 1. The van der Waals surface area contributed by atoms with Gasteiger partial charge in [-0.15, -0.1) is 0 Å². The normalized spacial score (nSPS) is 18.1. The predicted molar refractivity (Wildman–Crippen MR) is 81.6 cm³/mol. The second-order valence-electron chi connectivity index (χ2n) is 6.24. The van der Waals surface area contributed by atoms with Crippen LogP contribution in [0.25, 0.3) is 0 Å². The van der Waals surface area contributed by atoms with Gasteiger partial charge in [-0.05, 0) is 57.2 Å². The summed E-state index contributed by atoms with van der Waals surface area (Å²) < 4.78 is 5.17. The first-order valence-electron chi connectivity index (χ1n) is 7.20. The van der Waals surface area contributed by atoms with Gasteiger partial charge in [0.1, 0.15) is 5.60 Å². The minimum atomic E-state index is -0.564. The molecule has 0 radical (unpaired) electrons. The monoisotopic (exact) mass is 284 g/mol. The van der Waals surface area contributed by atoms with Gasteiger partial charge in [0.2, 0.25) is 0 Å². The summed E-state index contributed by atoms with van der Waals surface area (Å²) >= 11 is 0. The number of ether oxygens (including phenoxy) is 1. The fraction of sp³-hybridized carbons (Fsp3) is 0.471. The largest absolute Gasteiger partial charge is 0.442 e. The Balaban J connectivity index is 2.18. The maximum absolute atomic E-state index is 11.7. The Kier molecular flexibility index (Phi) is 4.42. The zero-order valence-corrected chi connectivity index (χ0v) is 12.7. The Morgan fingerprint density at radius 1 is 1.48 bits per heavy atom. The molecule has 0 bridgehead atoms. The smallest absolute Gasteiger partial charge is 0.433 e. The second kappa shape index (κ2) is 6.09. The molecule has 21 heavy (non-hydrogen) atoms. The van der Waals surface area contributed by atoms with Gasteiger partial charge in [-0.3, -0.25) is 0 Å². The molecule has 0 fully saturated rings. The van der Waals surface area contributed by atoms with E-state index in [-0.39, 0.29) is 5.92 Å². The second-order valence-corrected chi connectivity index (χ2v) is 6.24. The van der Waals surface area contributed by atoms with Gasteiger partial charge in [-0.1, -0.05) is 12.1 Å². The van der Waals surface area contributed by atoms with Gasteiger partial charge in [0.15, 0.2) is 0 Å². The van der Waals surface area contributed by atoms with Crippen LogP contribution in [-0.4, -0.2) is 17.9 Å². The topological polar surface area (TPSA) is 62.4 Å². The summed E-state index contributed by atoms with van der Waals surface area (Å²) in [7, 11) is 0. The van der Waals surface area contributed by atoms with E-state index < -0.39 is 11.7 Å². The Labute approximate surface area is 125 Å². The van der Waals surface area contributed by atoms with Crippen LogP contribution in [0.15, 0.2) is 23.2 Å².